The van der Waals surface area contributed by atoms with Crippen molar-refractivity contribution in [3.8, 4) is 56.1 Å². The second kappa shape index (κ2) is 14.9. The minimum absolute atomic E-state index is 0.932. The smallest absolute Gasteiger partial charge is 0.145 e. The SMILES string of the molecule is C1=CC(c2nc3ccccc3n2-c2ccc3c(-c4ccccc4)c4cc(-c5ccc(-n6c(-c7ccccc7)nc7ccccc76)cc5)ccc4c(-c4ccccc4)c3c2)=CCC1. The van der Waals surface area contributed by atoms with E-state index in [1.54, 1.807) is 0 Å². The van der Waals surface area contributed by atoms with Crippen LogP contribution in [-0.4, -0.2) is 19.1 Å². The second-order valence-corrected chi connectivity index (χ2v) is 16.0. The molecule has 0 saturated carbocycles. The molecular weight excluding hydrogens is 753 g/mol. The molecule has 0 fully saturated rings. The van der Waals surface area contributed by atoms with Crippen LogP contribution in [0.25, 0.3) is 105 Å². The van der Waals surface area contributed by atoms with E-state index in [0.29, 0.717) is 0 Å². The number of para-hydroxylation sites is 4. The normalized spacial score (nSPS) is 12.7. The molecule has 2 aromatic heterocycles. The highest BCUT2D eigenvalue weighted by molar-refractivity contribution is 6.22. The summed E-state index contributed by atoms with van der Waals surface area (Å²) >= 11 is 0. The molecule has 0 saturated heterocycles. The summed E-state index contributed by atoms with van der Waals surface area (Å²) in [6, 6.07) is 72.1. The van der Waals surface area contributed by atoms with E-state index in [0.717, 1.165) is 74.6 Å². The Morgan fingerprint density at radius 2 is 0.855 bits per heavy atom. The maximum Gasteiger partial charge on any atom is 0.145 e. The fourth-order valence-electron chi connectivity index (χ4n) is 9.50. The van der Waals surface area contributed by atoms with Gasteiger partial charge in [-0.15, -0.1) is 0 Å². The van der Waals surface area contributed by atoms with Crippen molar-refractivity contribution in [1.29, 1.82) is 0 Å². The van der Waals surface area contributed by atoms with Gasteiger partial charge in [-0.25, -0.2) is 9.97 Å². The van der Waals surface area contributed by atoms with Crippen LogP contribution in [0.4, 0.5) is 0 Å². The Labute approximate surface area is 360 Å². The first-order valence-electron chi connectivity index (χ1n) is 21.4. The highest BCUT2D eigenvalue weighted by Crippen LogP contribution is 2.46. The first kappa shape index (κ1) is 35.8. The number of fused-ring (bicyclic) bond motifs is 4. The van der Waals surface area contributed by atoms with Gasteiger partial charge in [0.15, 0.2) is 0 Å². The van der Waals surface area contributed by atoms with Crippen LogP contribution in [0.1, 0.15) is 18.7 Å². The zero-order chi connectivity index (χ0) is 41.0. The third-order valence-electron chi connectivity index (χ3n) is 12.3. The Hall–Kier alpha value is -8.08. The number of nitrogens with zero attached hydrogens (tertiary/aromatic N) is 4. The van der Waals surface area contributed by atoms with E-state index in [1.807, 2.05) is 6.07 Å². The largest absolute Gasteiger partial charge is 0.292 e. The molecule has 0 spiro atoms. The molecule has 0 unspecified atom stereocenters. The van der Waals surface area contributed by atoms with Crippen LogP contribution in [0.3, 0.4) is 0 Å². The van der Waals surface area contributed by atoms with E-state index >= 15 is 0 Å². The van der Waals surface area contributed by atoms with Gasteiger partial charge in [0, 0.05) is 22.5 Å². The minimum atomic E-state index is 0.932. The summed E-state index contributed by atoms with van der Waals surface area (Å²) in [5.41, 5.74) is 15.7. The summed E-state index contributed by atoms with van der Waals surface area (Å²) in [4.78, 5) is 10.3. The molecule has 0 bridgehead atoms. The maximum absolute atomic E-state index is 5.22. The number of benzene rings is 9. The van der Waals surface area contributed by atoms with Crippen LogP contribution in [0, 0.1) is 0 Å². The third-order valence-corrected chi connectivity index (χ3v) is 12.3. The number of rotatable bonds is 7. The lowest BCUT2D eigenvalue weighted by atomic mass is 9.84. The van der Waals surface area contributed by atoms with Gasteiger partial charge in [-0.05, 0) is 122 Å². The van der Waals surface area contributed by atoms with Crippen molar-refractivity contribution in [2.45, 2.75) is 12.8 Å². The van der Waals surface area contributed by atoms with Crippen molar-refractivity contribution in [2.24, 2.45) is 0 Å². The Bertz CT molecular complexity index is 3540. The number of imidazole rings is 2. The lowest BCUT2D eigenvalue weighted by molar-refractivity contribution is 1.01. The number of hydrogen-bond donors (Lipinski definition) is 0. The first-order valence-corrected chi connectivity index (χ1v) is 21.4. The lowest BCUT2D eigenvalue weighted by Gasteiger charge is -2.20. The Balaban J connectivity index is 1.07. The monoisotopic (exact) mass is 792 g/mol. The van der Waals surface area contributed by atoms with E-state index in [1.165, 1.54) is 49.4 Å². The van der Waals surface area contributed by atoms with E-state index in [2.05, 4.69) is 221 Å². The predicted octanol–water partition coefficient (Wildman–Crippen LogP) is 15.1. The quantitative estimate of drug-likeness (QED) is 0.151. The van der Waals surface area contributed by atoms with Crippen LogP contribution in [-0.2, 0) is 0 Å². The van der Waals surface area contributed by atoms with Gasteiger partial charge in [0.2, 0.25) is 0 Å². The molecule has 1 aliphatic rings. The van der Waals surface area contributed by atoms with Crippen LogP contribution in [0.2, 0.25) is 0 Å². The van der Waals surface area contributed by atoms with Gasteiger partial charge in [0.1, 0.15) is 11.6 Å². The summed E-state index contributed by atoms with van der Waals surface area (Å²) in [5, 5.41) is 4.85. The van der Waals surface area contributed by atoms with Crippen LogP contribution < -0.4 is 0 Å². The molecule has 0 N–H and O–H groups in total. The average Bonchev–Trinajstić information content (AvgIpc) is 3.94. The van der Waals surface area contributed by atoms with Crippen LogP contribution >= 0.6 is 0 Å². The van der Waals surface area contributed by atoms with Gasteiger partial charge in [-0.2, -0.15) is 0 Å². The van der Waals surface area contributed by atoms with Gasteiger partial charge in [-0.1, -0.05) is 164 Å². The topological polar surface area (TPSA) is 35.6 Å². The average molecular weight is 793 g/mol. The molecule has 292 valence electrons. The molecule has 9 aromatic carbocycles. The van der Waals surface area contributed by atoms with Crippen LogP contribution in [0.5, 0.6) is 0 Å². The number of allylic oxidation sites excluding steroid dienone is 4. The van der Waals surface area contributed by atoms with Crippen molar-refractivity contribution in [1.82, 2.24) is 19.1 Å². The van der Waals surface area contributed by atoms with E-state index < -0.39 is 0 Å². The summed E-state index contributed by atoms with van der Waals surface area (Å²) < 4.78 is 4.62. The first-order chi connectivity index (χ1) is 30.8. The molecule has 11 aromatic rings. The van der Waals surface area contributed by atoms with E-state index in [9.17, 15) is 0 Å². The predicted molar refractivity (Wildman–Crippen MR) is 259 cm³/mol. The lowest BCUT2D eigenvalue weighted by Crippen LogP contribution is -2.02. The molecule has 0 atom stereocenters. The highest BCUT2D eigenvalue weighted by Gasteiger charge is 2.21. The molecule has 12 rings (SSSR count). The second-order valence-electron chi connectivity index (χ2n) is 16.0. The summed E-state index contributed by atoms with van der Waals surface area (Å²) in [5.74, 6) is 1.90. The number of hydrogen-bond acceptors (Lipinski definition) is 2. The third kappa shape index (κ3) is 5.99. The maximum atomic E-state index is 5.22. The molecule has 2 heterocycles. The standard InChI is InChI=1S/C58H40N4/c1-5-17-40(18-6-1)55-48-36-34-46(62-54-28-16-14-26-52(54)60-58(62)43-23-11-4-12-24-43)38-50(48)56(41-19-7-2-8-20-41)47-35-31-44(37-49(47)55)39-29-32-45(33-30-39)61-53-27-15-13-25-51(53)59-57(61)42-21-9-3-10-22-42/h1-3,5-11,13-38H,4,12H2. The Morgan fingerprint density at radius 3 is 1.47 bits per heavy atom. The molecular formula is C58H40N4. The van der Waals surface area contributed by atoms with Crippen molar-refractivity contribution in [3.63, 3.8) is 0 Å². The molecule has 4 nitrogen and oxygen atoms in total. The molecule has 4 heteroatoms. The molecule has 62 heavy (non-hydrogen) atoms. The molecule has 1 aliphatic carbocycles. The van der Waals surface area contributed by atoms with Gasteiger partial charge >= 0.3 is 0 Å². The summed E-state index contributed by atoms with van der Waals surface area (Å²) in [6.07, 6.45) is 8.88. The van der Waals surface area contributed by atoms with Gasteiger partial charge in [-0.3, -0.25) is 9.13 Å². The molecule has 0 amide bonds. The zero-order valence-electron chi connectivity index (χ0n) is 34.0. The van der Waals surface area contributed by atoms with Crippen molar-refractivity contribution >= 4 is 49.2 Å². The fourth-order valence-corrected chi connectivity index (χ4v) is 9.50. The van der Waals surface area contributed by atoms with Crippen molar-refractivity contribution < 1.29 is 0 Å². The molecule has 0 aliphatic heterocycles. The van der Waals surface area contributed by atoms with Gasteiger partial charge in [0.05, 0.1) is 22.1 Å². The summed E-state index contributed by atoms with van der Waals surface area (Å²) in [6.45, 7) is 0. The van der Waals surface area contributed by atoms with Crippen molar-refractivity contribution in [2.75, 3.05) is 0 Å². The van der Waals surface area contributed by atoms with E-state index in [-0.39, 0.29) is 0 Å². The Morgan fingerprint density at radius 1 is 0.355 bits per heavy atom. The van der Waals surface area contributed by atoms with Crippen molar-refractivity contribution in [3.05, 3.63) is 224 Å². The Kier molecular flexibility index (Phi) is 8.60. The van der Waals surface area contributed by atoms with Crippen LogP contribution in [0.15, 0.2) is 218 Å². The summed E-state index contributed by atoms with van der Waals surface area (Å²) in [7, 11) is 0. The number of aromatic nitrogens is 4. The minimum Gasteiger partial charge on any atom is -0.292 e. The van der Waals surface area contributed by atoms with E-state index in [4.69, 9.17) is 9.97 Å². The zero-order valence-corrected chi connectivity index (χ0v) is 34.0. The molecule has 0 radical (unpaired) electrons. The highest BCUT2D eigenvalue weighted by atomic mass is 15.1. The fraction of sp³-hybridized carbons (Fsp3) is 0.0345. The van der Waals surface area contributed by atoms with Gasteiger partial charge < -0.3 is 0 Å². The van der Waals surface area contributed by atoms with Gasteiger partial charge in [0.25, 0.3) is 0 Å².